The maximum absolute atomic E-state index is 12.0. The Hall–Kier alpha value is -1.55. The molecule has 1 aliphatic carbocycles. The Balaban J connectivity index is 1.79. The van der Waals surface area contributed by atoms with Gasteiger partial charge >= 0.3 is 6.03 Å². The molecule has 116 valence electrons. The van der Waals surface area contributed by atoms with Gasteiger partial charge in [-0.1, -0.05) is 36.8 Å². The summed E-state index contributed by atoms with van der Waals surface area (Å²) in [4.78, 5) is 12.0. The molecule has 0 saturated heterocycles. The van der Waals surface area contributed by atoms with Crippen LogP contribution in [0.15, 0.2) is 30.3 Å². The SMILES string of the molecule is CC(NC(=O)NCC(CCO)c1ccccc1)C1CCC1. The molecular weight excluding hydrogens is 264 g/mol. The first kappa shape index (κ1) is 15.8. The second-order valence-electron chi connectivity index (χ2n) is 5.95. The molecule has 1 aromatic rings. The van der Waals surface area contributed by atoms with E-state index in [1.807, 2.05) is 30.3 Å². The summed E-state index contributed by atoms with van der Waals surface area (Å²) in [7, 11) is 0. The van der Waals surface area contributed by atoms with Crippen molar-refractivity contribution in [2.24, 2.45) is 5.92 Å². The zero-order valence-electron chi connectivity index (χ0n) is 12.7. The number of aliphatic hydroxyl groups is 1. The maximum Gasteiger partial charge on any atom is 0.315 e. The van der Waals surface area contributed by atoms with Gasteiger partial charge in [-0.25, -0.2) is 4.79 Å². The van der Waals surface area contributed by atoms with E-state index in [4.69, 9.17) is 0 Å². The van der Waals surface area contributed by atoms with Crippen molar-refractivity contribution < 1.29 is 9.90 Å². The van der Waals surface area contributed by atoms with Crippen LogP contribution in [0.3, 0.4) is 0 Å². The molecule has 1 aliphatic rings. The van der Waals surface area contributed by atoms with Crippen molar-refractivity contribution in [1.29, 1.82) is 0 Å². The summed E-state index contributed by atoms with van der Waals surface area (Å²) in [6, 6.07) is 10.2. The molecule has 0 aromatic heterocycles. The monoisotopic (exact) mass is 290 g/mol. The van der Waals surface area contributed by atoms with Gasteiger partial charge in [-0.2, -0.15) is 0 Å². The molecule has 2 rings (SSSR count). The van der Waals surface area contributed by atoms with Gasteiger partial charge in [-0.05, 0) is 37.7 Å². The fourth-order valence-corrected chi connectivity index (χ4v) is 2.80. The summed E-state index contributed by atoms with van der Waals surface area (Å²) in [6.45, 7) is 2.75. The van der Waals surface area contributed by atoms with Crippen LogP contribution < -0.4 is 10.6 Å². The highest BCUT2D eigenvalue weighted by Gasteiger charge is 2.25. The van der Waals surface area contributed by atoms with Crippen molar-refractivity contribution in [3.05, 3.63) is 35.9 Å². The van der Waals surface area contributed by atoms with Gasteiger partial charge in [0.15, 0.2) is 0 Å². The highest BCUT2D eigenvalue weighted by atomic mass is 16.3. The molecule has 0 radical (unpaired) electrons. The predicted molar refractivity (Wildman–Crippen MR) is 84.2 cm³/mol. The third-order valence-corrected chi connectivity index (χ3v) is 4.47. The molecule has 3 N–H and O–H groups in total. The van der Waals surface area contributed by atoms with E-state index >= 15 is 0 Å². The van der Waals surface area contributed by atoms with Gasteiger partial charge in [-0.3, -0.25) is 0 Å². The van der Waals surface area contributed by atoms with Gasteiger partial charge in [0.05, 0.1) is 0 Å². The Bertz CT molecular complexity index is 432. The van der Waals surface area contributed by atoms with Crippen LogP contribution in [0.2, 0.25) is 0 Å². The fourth-order valence-electron chi connectivity index (χ4n) is 2.80. The van der Waals surface area contributed by atoms with Crippen LogP contribution >= 0.6 is 0 Å². The molecule has 0 heterocycles. The molecule has 1 saturated carbocycles. The lowest BCUT2D eigenvalue weighted by Crippen LogP contribution is -2.46. The Morgan fingerprint density at radius 3 is 2.62 bits per heavy atom. The summed E-state index contributed by atoms with van der Waals surface area (Å²) in [5, 5.41) is 15.1. The minimum Gasteiger partial charge on any atom is -0.396 e. The molecule has 4 heteroatoms. The zero-order valence-corrected chi connectivity index (χ0v) is 12.7. The lowest BCUT2D eigenvalue weighted by molar-refractivity contribution is 0.212. The summed E-state index contributed by atoms with van der Waals surface area (Å²) in [5.41, 5.74) is 1.15. The lowest BCUT2D eigenvalue weighted by Gasteiger charge is -2.32. The normalized spacial score (nSPS) is 17.6. The second kappa shape index (κ2) is 8.03. The zero-order chi connectivity index (χ0) is 15.1. The topological polar surface area (TPSA) is 61.4 Å². The van der Waals surface area contributed by atoms with E-state index in [2.05, 4.69) is 17.6 Å². The first-order chi connectivity index (χ1) is 10.2. The van der Waals surface area contributed by atoms with E-state index in [0.717, 1.165) is 5.56 Å². The predicted octanol–water partition coefficient (Wildman–Crippen LogP) is 2.64. The van der Waals surface area contributed by atoms with Crippen LogP contribution in [-0.2, 0) is 0 Å². The van der Waals surface area contributed by atoms with Crippen LogP contribution in [0, 0.1) is 5.92 Å². The number of hydrogen-bond acceptors (Lipinski definition) is 2. The van der Waals surface area contributed by atoms with Crippen LogP contribution in [0.25, 0.3) is 0 Å². The molecule has 2 atom stereocenters. The number of nitrogens with one attached hydrogen (secondary N) is 2. The van der Waals surface area contributed by atoms with Crippen molar-refractivity contribution >= 4 is 6.03 Å². The quantitative estimate of drug-likeness (QED) is 0.723. The van der Waals surface area contributed by atoms with Gasteiger partial charge in [0.1, 0.15) is 0 Å². The molecule has 1 aromatic carbocycles. The summed E-state index contributed by atoms with van der Waals surface area (Å²) in [5.74, 6) is 0.791. The van der Waals surface area contributed by atoms with E-state index in [1.54, 1.807) is 0 Å². The van der Waals surface area contributed by atoms with Crippen LogP contribution in [0.4, 0.5) is 4.79 Å². The summed E-state index contributed by atoms with van der Waals surface area (Å²) in [6.07, 6.45) is 4.38. The lowest BCUT2D eigenvalue weighted by atomic mass is 9.80. The van der Waals surface area contributed by atoms with Gasteiger partial charge in [0.25, 0.3) is 0 Å². The molecule has 0 bridgehead atoms. The molecule has 1 fully saturated rings. The summed E-state index contributed by atoms with van der Waals surface area (Å²) >= 11 is 0. The smallest absolute Gasteiger partial charge is 0.315 e. The fraction of sp³-hybridized carbons (Fsp3) is 0.588. The van der Waals surface area contributed by atoms with E-state index in [9.17, 15) is 9.90 Å². The Kier molecular flexibility index (Phi) is 6.05. The summed E-state index contributed by atoms with van der Waals surface area (Å²) < 4.78 is 0. The van der Waals surface area contributed by atoms with E-state index in [-0.39, 0.29) is 24.6 Å². The number of amides is 2. The molecule has 0 spiro atoms. The van der Waals surface area contributed by atoms with Gasteiger partial charge in [0.2, 0.25) is 0 Å². The number of carbonyl (C=O) groups is 1. The molecular formula is C17H26N2O2. The third-order valence-electron chi connectivity index (χ3n) is 4.47. The number of benzene rings is 1. The van der Waals surface area contributed by atoms with Gasteiger partial charge in [-0.15, -0.1) is 0 Å². The number of urea groups is 1. The highest BCUT2D eigenvalue weighted by molar-refractivity contribution is 5.74. The Labute approximate surface area is 126 Å². The number of hydrogen-bond donors (Lipinski definition) is 3. The van der Waals surface area contributed by atoms with Crippen LogP contribution in [-0.4, -0.2) is 30.3 Å². The van der Waals surface area contributed by atoms with Crippen LogP contribution in [0.5, 0.6) is 0 Å². The Morgan fingerprint density at radius 1 is 1.33 bits per heavy atom. The minimum absolute atomic E-state index is 0.103. The second-order valence-corrected chi connectivity index (χ2v) is 5.95. The molecule has 4 nitrogen and oxygen atoms in total. The average Bonchev–Trinajstić information content (AvgIpc) is 2.42. The van der Waals surface area contributed by atoms with Crippen molar-refractivity contribution in [1.82, 2.24) is 10.6 Å². The minimum atomic E-state index is -0.103. The largest absolute Gasteiger partial charge is 0.396 e. The van der Waals surface area contributed by atoms with E-state index < -0.39 is 0 Å². The van der Waals surface area contributed by atoms with Crippen molar-refractivity contribution in [3.63, 3.8) is 0 Å². The van der Waals surface area contributed by atoms with Crippen molar-refractivity contribution in [2.45, 2.75) is 44.6 Å². The standard InChI is InChI=1S/C17H26N2O2/c1-13(14-8-5-9-14)19-17(21)18-12-16(10-11-20)15-6-3-2-4-7-15/h2-4,6-7,13-14,16,20H,5,8-12H2,1H3,(H2,18,19,21). The van der Waals surface area contributed by atoms with Gasteiger partial charge in [0, 0.05) is 25.1 Å². The van der Waals surface area contributed by atoms with Gasteiger partial charge < -0.3 is 15.7 Å². The number of carbonyl (C=O) groups excluding carboxylic acids is 1. The first-order valence-corrected chi connectivity index (χ1v) is 7.91. The Morgan fingerprint density at radius 2 is 2.05 bits per heavy atom. The third kappa shape index (κ3) is 4.74. The average molecular weight is 290 g/mol. The molecule has 2 amide bonds. The highest BCUT2D eigenvalue weighted by Crippen LogP contribution is 2.29. The van der Waals surface area contributed by atoms with Crippen LogP contribution in [0.1, 0.15) is 44.1 Å². The molecule has 0 aliphatic heterocycles. The van der Waals surface area contributed by atoms with Crippen molar-refractivity contribution in [2.75, 3.05) is 13.2 Å². The maximum atomic E-state index is 12.0. The number of rotatable bonds is 7. The van der Waals surface area contributed by atoms with E-state index in [0.29, 0.717) is 18.9 Å². The first-order valence-electron chi connectivity index (χ1n) is 7.91. The molecule has 2 unspecified atom stereocenters. The number of aliphatic hydroxyl groups excluding tert-OH is 1. The van der Waals surface area contributed by atoms with E-state index in [1.165, 1.54) is 19.3 Å². The molecule has 21 heavy (non-hydrogen) atoms. The van der Waals surface area contributed by atoms with Crippen molar-refractivity contribution in [3.8, 4) is 0 Å².